The van der Waals surface area contributed by atoms with Crippen molar-refractivity contribution in [2.45, 2.75) is 25.3 Å². The van der Waals surface area contributed by atoms with Gasteiger partial charge in [-0.15, -0.1) is 12.4 Å². The van der Waals surface area contributed by atoms with Crippen molar-refractivity contribution in [3.05, 3.63) is 0 Å². The number of rotatable bonds is 5. The topological polar surface area (TPSA) is 92.5 Å². The molecule has 21 heavy (non-hydrogen) atoms. The zero-order valence-electron chi connectivity index (χ0n) is 12.0. The predicted molar refractivity (Wildman–Crippen MR) is 88.3 cm³/mol. The van der Waals surface area contributed by atoms with E-state index in [0.717, 1.165) is 24.3 Å². The Morgan fingerprint density at radius 3 is 2.52 bits per heavy atom. The van der Waals surface area contributed by atoms with Gasteiger partial charge in [0.1, 0.15) is 0 Å². The number of hydrogen-bond acceptors (Lipinski definition) is 5. The minimum Gasteiger partial charge on any atom is -0.355 e. The standard InChI is InChI=1S/C12H23N3O3S2.ClH/c13-11-2-1-10(9-11)12(16)14-3-8-20(17,18)15-4-6-19-7-5-15;/h10-11H,1-9,13H2,(H,14,16);1H. The number of amides is 1. The van der Waals surface area contributed by atoms with Crippen LogP contribution in [0.5, 0.6) is 0 Å². The molecule has 0 aromatic carbocycles. The summed E-state index contributed by atoms with van der Waals surface area (Å²) in [4.78, 5) is 11.9. The van der Waals surface area contributed by atoms with E-state index in [-0.39, 0.29) is 42.6 Å². The molecule has 0 bridgehead atoms. The van der Waals surface area contributed by atoms with Gasteiger partial charge in [-0.05, 0) is 19.3 Å². The van der Waals surface area contributed by atoms with Crippen LogP contribution in [-0.2, 0) is 14.8 Å². The molecule has 3 N–H and O–H groups in total. The summed E-state index contributed by atoms with van der Waals surface area (Å²) in [6, 6.07) is 0.111. The smallest absolute Gasteiger partial charge is 0.223 e. The molecular weight excluding hydrogens is 334 g/mol. The van der Waals surface area contributed by atoms with Crippen LogP contribution >= 0.6 is 24.2 Å². The molecule has 2 atom stereocenters. The van der Waals surface area contributed by atoms with E-state index in [0.29, 0.717) is 19.5 Å². The van der Waals surface area contributed by atoms with Gasteiger partial charge < -0.3 is 11.1 Å². The van der Waals surface area contributed by atoms with Crippen molar-refractivity contribution < 1.29 is 13.2 Å². The predicted octanol–water partition coefficient (Wildman–Crippen LogP) is 0.0304. The molecule has 124 valence electrons. The van der Waals surface area contributed by atoms with Gasteiger partial charge in [0.25, 0.3) is 0 Å². The molecule has 1 amide bonds. The Balaban J connectivity index is 0.00000220. The lowest BCUT2D eigenvalue weighted by Crippen LogP contribution is -2.42. The van der Waals surface area contributed by atoms with Crippen molar-refractivity contribution in [2.24, 2.45) is 11.7 Å². The highest BCUT2D eigenvalue weighted by atomic mass is 35.5. The fraction of sp³-hybridized carbons (Fsp3) is 0.917. The van der Waals surface area contributed by atoms with E-state index in [9.17, 15) is 13.2 Å². The van der Waals surface area contributed by atoms with Crippen molar-refractivity contribution in [1.29, 1.82) is 0 Å². The molecule has 6 nitrogen and oxygen atoms in total. The van der Waals surface area contributed by atoms with Gasteiger partial charge in [-0.2, -0.15) is 11.8 Å². The second-order valence-corrected chi connectivity index (χ2v) is 8.70. The lowest BCUT2D eigenvalue weighted by Gasteiger charge is -2.25. The van der Waals surface area contributed by atoms with Gasteiger partial charge in [-0.25, -0.2) is 12.7 Å². The highest BCUT2D eigenvalue weighted by Gasteiger charge is 2.28. The largest absolute Gasteiger partial charge is 0.355 e. The Hall–Kier alpha value is -0.0200. The summed E-state index contributed by atoms with van der Waals surface area (Å²) in [5.74, 6) is 1.60. The molecule has 1 aliphatic heterocycles. The third-order valence-electron chi connectivity index (χ3n) is 3.87. The van der Waals surface area contributed by atoms with Crippen molar-refractivity contribution in [2.75, 3.05) is 36.9 Å². The number of nitrogens with two attached hydrogens (primary N) is 1. The van der Waals surface area contributed by atoms with Gasteiger partial charge in [0.05, 0.1) is 5.75 Å². The fourth-order valence-corrected chi connectivity index (χ4v) is 5.15. The number of thioether (sulfide) groups is 1. The van der Waals surface area contributed by atoms with E-state index in [1.807, 2.05) is 0 Å². The lowest BCUT2D eigenvalue weighted by atomic mass is 10.1. The summed E-state index contributed by atoms with van der Waals surface area (Å²) in [6.45, 7) is 1.35. The van der Waals surface area contributed by atoms with Crippen LogP contribution < -0.4 is 11.1 Å². The van der Waals surface area contributed by atoms with Crippen LogP contribution in [0, 0.1) is 5.92 Å². The minimum absolute atomic E-state index is 0. The average molecular weight is 358 g/mol. The number of sulfonamides is 1. The zero-order valence-corrected chi connectivity index (χ0v) is 14.4. The molecule has 2 fully saturated rings. The highest BCUT2D eigenvalue weighted by Crippen LogP contribution is 2.23. The molecule has 2 rings (SSSR count). The van der Waals surface area contributed by atoms with E-state index in [1.54, 1.807) is 11.8 Å². The first-order chi connectivity index (χ1) is 9.49. The molecule has 0 spiro atoms. The first-order valence-corrected chi connectivity index (χ1v) is 9.84. The van der Waals surface area contributed by atoms with Gasteiger partial charge >= 0.3 is 0 Å². The molecule has 1 saturated heterocycles. The number of nitrogens with zero attached hydrogens (tertiary/aromatic N) is 1. The summed E-state index contributed by atoms with van der Waals surface area (Å²) in [5.41, 5.74) is 5.77. The second-order valence-electron chi connectivity index (χ2n) is 5.39. The van der Waals surface area contributed by atoms with Crippen LogP contribution in [-0.4, -0.2) is 61.6 Å². The van der Waals surface area contributed by atoms with E-state index in [2.05, 4.69) is 5.32 Å². The summed E-state index contributed by atoms with van der Waals surface area (Å²) in [7, 11) is -3.23. The molecule has 2 unspecified atom stereocenters. The van der Waals surface area contributed by atoms with Gasteiger partial charge in [0, 0.05) is 43.1 Å². The Bertz CT molecular complexity index is 441. The molecular formula is C12H24ClN3O3S2. The van der Waals surface area contributed by atoms with Gasteiger partial charge in [0.15, 0.2) is 0 Å². The number of carbonyl (C=O) groups is 1. The summed E-state index contributed by atoms with van der Waals surface area (Å²) < 4.78 is 25.7. The van der Waals surface area contributed by atoms with Gasteiger partial charge in [-0.1, -0.05) is 0 Å². The summed E-state index contributed by atoms with van der Waals surface area (Å²) >= 11 is 1.77. The second kappa shape index (κ2) is 8.57. The number of halogens is 1. The Kier molecular flexibility index (Phi) is 7.77. The van der Waals surface area contributed by atoms with E-state index < -0.39 is 10.0 Å². The van der Waals surface area contributed by atoms with Gasteiger partial charge in [-0.3, -0.25) is 4.79 Å². The van der Waals surface area contributed by atoms with E-state index in [1.165, 1.54) is 4.31 Å². The molecule has 9 heteroatoms. The number of nitrogens with one attached hydrogen (secondary N) is 1. The highest BCUT2D eigenvalue weighted by molar-refractivity contribution is 7.99. The van der Waals surface area contributed by atoms with Crippen LogP contribution in [0.25, 0.3) is 0 Å². The maximum absolute atomic E-state index is 12.1. The van der Waals surface area contributed by atoms with Crippen molar-refractivity contribution in [3.63, 3.8) is 0 Å². The Labute approximate surface area is 137 Å². The molecule has 0 aromatic rings. The average Bonchev–Trinajstić information content (AvgIpc) is 2.86. The molecule has 1 saturated carbocycles. The van der Waals surface area contributed by atoms with Crippen LogP contribution in [0.4, 0.5) is 0 Å². The van der Waals surface area contributed by atoms with Crippen molar-refractivity contribution >= 4 is 40.1 Å². The van der Waals surface area contributed by atoms with E-state index >= 15 is 0 Å². The first kappa shape index (κ1) is 19.0. The van der Waals surface area contributed by atoms with Crippen molar-refractivity contribution in [1.82, 2.24) is 9.62 Å². The maximum Gasteiger partial charge on any atom is 0.223 e. The number of carbonyl (C=O) groups excluding carboxylic acids is 1. The van der Waals surface area contributed by atoms with Crippen LogP contribution in [0.1, 0.15) is 19.3 Å². The number of hydrogen-bond donors (Lipinski definition) is 2. The summed E-state index contributed by atoms with van der Waals surface area (Å²) in [5, 5.41) is 2.73. The van der Waals surface area contributed by atoms with Crippen LogP contribution in [0.15, 0.2) is 0 Å². The van der Waals surface area contributed by atoms with Crippen LogP contribution in [0.3, 0.4) is 0 Å². The normalized spacial score (nSPS) is 27.1. The minimum atomic E-state index is -3.23. The SMILES string of the molecule is Cl.NC1CCC(C(=O)NCCS(=O)(=O)N2CCSCC2)C1. The third kappa shape index (κ3) is 5.59. The molecule has 0 radical (unpaired) electrons. The molecule has 2 aliphatic rings. The molecule has 1 heterocycles. The van der Waals surface area contributed by atoms with Crippen LogP contribution in [0.2, 0.25) is 0 Å². The molecule has 1 aliphatic carbocycles. The zero-order chi connectivity index (χ0) is 14.6. The van der Waals surface area contributed by atoms with Crippen molar-refractivity contribution in [3.8, 4) is 0 Å². The Morgan fingerprint density at radius 2 is 1.95 bits per heavy atom. The lowest BCUT2D eigenvalue weighted by molar-refractivity contribution is -0.124. The quantitative estimate of drug-likeness (QED) is 0.724. The first-order valence-electron chi connectivity index (χ1n) is 7.08. The summed E-state index contributed by atoms with van der Waals surface area (Å²) in [6.07, 6.45) is 2.40. The maximum atomic E-state index is 12.1. The monoisotopic (exact) mass is 357 g/mol. The van der Waals surface area contributed by atoms with E-state index in [4.69, 9.17) is 5.73 Å². The molecule has 0 aromatic heterocycles. The van der Waals surface area contributed by atoms with Gasteiger partial charge in [0.2, 0.25) is 15.9 Å². The Morgan fingerprint density at radius 1 is 1.29 bits per heavy atom. The fourth-order valence-electron chi connectivity index (χ4n) is 2.66. The third-order valence-corrected chi connectivity index (χ3v) is 6.68.